The van der Waals surface area contributed by atoms with E-state index in [4.69, 9.17) is 21.3 Å². The Bertz CT molecular complexity index is 1000. The van der Waals surface area contributed by atoms with E-state index in [2.05, 4.69) is 6.26 Å². The maximum atomic E-state index is 13.3. The Morgan fingerprint density at radius 3 is 2.73 bits per heavy atom. The Morgan fingerprint density at radius 1 is 1.19 bits per heavy atom. The summed E-state index contributed by atoms with van der Waals surface area (Å²) >= 11 is 9.42. The third-order valence-corrected chi connectivity index (χ3v) is 5.94. The van der Waals surface area contributed by atoms with Crippen LogP contribution in [0.15, 0.2) is 46.3 Å². The molecule has 0 atom stereocenters. The molecule has 0 aliphatic heterocycles. The maximum Gasteiger partial charge on any atom is 0.266 e. The van der Waals surface area contributed by atoms with Crippen molar-refractivity contribution in [1.82, 2.24) is 9.55 Å². The number of aryl methyl sites for hydroxylation is 1. The van der Waals surface area contributed by atoms with E-state index in [1.54, 1.807) is 53.4 Å². The van der Waals surface area contributed by atoms with Gasteiger partial charge >= 0.3 is 0 Å². The van der Waals surface area contributed by atoms with E-state index in [1.807, 2.05) is 25.1 Å². The minimum Gasteiger partial charge on any atom is -0.495 e. The first-order valence-electron chi connectivity index (χ1n) is 8.04. The van der Waals surface area contributed by atoms with E-state index < -0.39 is 0 Å². The molecule has 7 heteroatoms. The van der Waals surface area contributed by atoms with Crippen LogP contribution in [0.2, 0.25) is 5.02 Å². The van der Waals surface area contributed by atoms with Gasteiger partial charge in [-0.25, -0.2) is 4.98 Å². The zero-order chi connectivity index (χ0) is 18.7. The maximum absolute atomic E-state index is 13.3. The van der Waals surface area contributed by atoms with Gasteiger partial charge in [-0.1, -0.05) is 29.4 Å². The van der Waals surface area contributed by atoms with Gasteiger partial charge in [0.1, 0.15) is 5.75 Å². The standard InChI is InChI=1S/C19H19ClN2O2S2/c1-12-4-7-17(24-2)16(10-12)22-18(23)14-6-5-13(20)11-15(14)21-19(22)26-9-8-25-3/h4-7,10-11H,8-9H2,1-3H3. The molecule has 1 aromatic heterocycles. The van der Waals surface area contributed by atoms with E-state index in [1.165, 1.54) is 0 Å². The third kappa shape index (κ3) is 3.87. The predicted octanol–water partition coefficient (Wildman–Crippen LogP) is 4.81. The van der Waals surface area contributed by atoms with E-state index in [-0.39, 0.29) is 5.56 Å². The van der Waals surface area contributed by atoms with Crippen molar-refractivity contribution in [3.63, 3.8) is 0 Å². The topological polar surface area (TPSA) is 44.1 Å². The van der Waals surface area contributed by atoms with Crippen molar-refractivity contribution in [2.45, 2.75) is 12.1 Å². The second-order valence-corrected chi connectivity index (χ2v) is 8.20. The molecule has 0 bridgehead atoms. The zero-order valence-corrected chi connectivity index (χ0v) is 17.2. The van der Waals surface area contributed by atoms with Crippen molar-refractivity contribution >= 4 is 46.0 Å². The van der Waals surface area contributed by atoms with Crippen LogP contribution in [-0.2, 0) is 0 Å². The van der Waals surface area contributed by atoms with Crippen molar-refractivity contribution in [3.8, 4) is 11.4 Å². The van der Waals surface area contributed by atoms with Gasteiger partial charge in [-0.05, 0) is 49.1 Å². The van der Waals surface area contributed by atoms with Gasteiger partial charge in [0.15, 0.2) is 5.16 Å². The minimum absolute atomic E-state index is 0.123. The number of hydrogen-bond donors (Lipinski definition) is 0. The number of nitrogens with zero attached hydrogens (tertiary/aromatic N) is 2. The molecular formula is C19H19ClN2O2S2. The highest BCUT2D eigenvalue weighted by molar-refractivity contribution is 8.02. The lowest BCUT2D eigenvalue weighted by molar-refractivity contribution is 0.411. The van der Waals surface area contributed by atoms with Crippen LogP contribution < -0.4 is 10.3 Å². The van der Waals surface area contributed by atoms with Crippen LogP contribution >= 0.6 is 35.1 Å². The van der Waals surface area contributed by atoms with E-state index in [0.29, 0.717) is 32.5 Å². The van der Waals surface area contributed by atoms with Crippen LogP contribution in [-0.4, -0.2) is 34.4 Å². The number of benzene rings is 2. The predicted molar refractivity (Wildman–Crippen MR) is 113 cm³/mol. The number of aromatic nitrogens is 2. The fraction of sp³-hybridized carbons (Fsp3) is 0.263. The largest absolute Gasteiger partial charge is 0.495 e. The fourth-order valence-electron chi connectivity index (χ4n) is 2.64. The van der Waals surface area contributed by atoms with Gasteiger partial charge in [-0.2, -0.15) is 11.8 Å². The molecule has 0 saturated carbocycles. The molecule has 3 rings (SSSR count). The highest BCUT2D eigenvalue weighted by Crippen LogP contribution is 2.29. The molecule has 136 valence electrons. The molecule has 0 aliphatic rings. The second-order valence-electron chi connectivity index (χ2n) is 5.71. The van der Waals surface area contributed by atoms with Crippen molar-refractivity contribution < 1.29 is 4.74 Å². The Morgan fingerprint density at radius 2 is 2.00 bits per heavy atom. The van der Waals surface area contributed by atoms with Gasteiger partial charge in [0.2, 0.25) is 0 Å². The Kier molecular flexibility index (Phi) is 6.16. The van der Waals surface area contributed by atoms with Gasteiger partial charge in [0.05, 0.1) is 23.7 Å². The summed E-state index contributed by atoms with van der Waals surface area (Å²) in [6.07, 6.45) is 2.06. The average molecular weight is 407 g/mol. The third-order valence-electron chi connectivity index (χ3n) is 3.89. The van der Waals surface area contributed by atoms with E-state index in [9.17, 15) is 4.79 Å². The summed E-state index contributed by atoms with van der Waals surface area (Å²) in [5.41, 5.74) is 2.23. The summed E-state index contributed by atoms with van der Waals surface area (Å²) in [5, 5.41) is 1.74. The van der Waals surface area contributed by atoms with Crippen molar-refractivity contribution in [2.24, 2.45) is 0 Å². The van der Waals surface area contributed by atoms with E-state index >= 15 is 0 Å². The quantitative estimate of drug-likeness (QED) is 0.334. The molecule has 0 N–H and O–H groups in total. The average Bonchev–Trinajstić information content (AvgIpc) is 2.62. The van der Waals surface area contributed by atoms with Crippen molar-refractivity contribution in [1.29, 1.82) is 0 Å². The summed E-state index contributed by atoms with van der Waals surface area (Å²) in [7, 11) is 1.61. The lowest BCUT2D eigenvalue weighted by Gasteiger charge is -2.16. The van der Waals surface area contributed by atoms with Crippen LogP contribution in [0.5, 0.6) is 5.75 Å². The molecule has 0 radical (unpaired) electrons. The normalized spacial score (nSPS) is 11.1. The van der Waals surface area contributed by atoms with Gasteiger partial charge in [0.25, 0.3) is 5.56 Å². The van der Waals surface area contributed by atoms with Crippen LogP contribution in [0.25, 0.3) is 16.6 Å². The van der Waals surface area contributed by atoms with E-state index in [0.717, 1.165) is 17.1 Å². The van der Waals surface area contributed by atoms with Crippen LogP contribution in [0.3, 0.4) is 0 Å². The molecule has 0 amide bonds. The minimum atomic E-state index is -0.123. The van der Waals surface area contributed by atoms with Crippen LogP contribution in [0.1, 0.15) is 5.56 Å². The summed E-state index contributed by atoms with van der Waals surface area (Å²) in [6, 6.07) is 11.0. The SMILES string of the molecule is COc1ccc(C)cc1-n1c(SCCSC)nc2cc(Cl)ccc2c1=O. The molecule has 26 heavy (non-hydrogen) atoms. The molecule has 1 heterocycles. The summed E-state index contributed by atoms with van der Waals surface area (Å²) < 4.78 is 7.15. The molecule has 0 spiro atoms. The summed E-state index contributed by atoms with van der Waals surface area (Å²) in [6.45, 7) is 1.99. The molecule has 0 fully saturated rings. The molecule has 0 unspecified atom stereocenters. The highest BCUT2D eigenvalue weighted by atomic mass is 35.5. The summed E-state index contributed by atoms with van der Waals surface area (Å²) in [4.78, 5) is 18.0. The zero-order valence-electron chi connectivity index (χ0n) is 14.8. The Labute approximate surface area is 165 Å². The number of fused-ring (bicyclic) bond motifs is 1. The Balaban J connectivity index is 2.29. The Hall–Kier alpha value is -1.63. The number of ether oxygens (including phenoxy) is 1. The number of halogens is 1. The molecular weight excluding hydrogens is 388 g/mol. The van der Waals surface area contributed by atoms with Crippen LogP contribution in [0.4, 0.5) is 0 Å². The molecule has 2 aromatic carbocycles. The van der Waals surface area contributed by atoms with Gasteiger partial charge < -0.3 is 4.74 Å². The lowest BCUT2D eigenvalue weighted by atomic mass is 10.2. The monoisotopic (exact) mass is 406 g/mol. The molecule has 4 nitrogen and oxygen atoms in total. The molecule has 3 aromatic rings. The first-order chi connectivity index (χ1) is 12.5. The van der Waals surface area contributed by atoms with Crippen molar-refractivity contribution in [2.75, 3.05) is 24.9 Å². The summed E-state index contributed by atoms with van der Waals surface area (Å²) in [5.74, 6) is 2.46. The van der Waals surface area contributed by atoms with Gasteiger partial charge in [-0.15, -0.1) is 0 Å². The lowest BCUT2D eigenvalue weighted by Crippen LogP contribution is -2.22. The second kappa shape index (κ2) is 8.37. The smallest absolute Gasteiger partial charge is 0.266 e. The number of hydrogen-bond acceptors (Lipinski definition) is 5. The first kappa shape index (κ1) is 19.1. The van der Waals surface area contributed by atoms with Crippen LogP contribution in [0, 0.1) is 6.92 Å². The van der Waals surface area contributed by atoms with Gasteiger partial charge in [0, 0.05) is 16.5 Å². The number of rotatable bonds is 6. The van der Waals surface area contributed by atoms with Gasteiger partial charge in [-0.3, -0.25) is 9.36 Å². The number of methoxy groups -OCH3 is 1. The molecule has 0 aliphatic carbocycles. The van der Waals surface area contributed by atoms with Crippen molar-refractivity contribution in [3.05, 3.63) is 57.3 Å². The first-order valence-corrected chi connectivity index (χ1v) is 10.8. The number of thioether (sulfide) groups is 2. The highest BCUT2D eigenvalue weighted by Gasteiger charge is 2.17. The molecule has 0 saturated heterocycles. The fourth-order valence-corrected chi connectivity index (χ4v) is 4.46.